The number of fused-ring (bicyclic) bond motifs is 1. The predicted molar refractivity (Wildman–Crippen MR) is 120 cm³/mol. The summed E-state index contributed by atoms with van der Waals surface area (Å²) in [5.41, 5.74) is 2.57. The van der Waals surface area contributed by atoms with Gasteiger partial charge in [-0.3, -0.25) is 4.79 Å². The number of anilines is 1. The average molecular weight is 440 g/mol. The molecule has 172 valence electrons. The Balaban J connectivity index is 0.961. The fourth-order valence-corrected chi connectivity index (χ4v) is 5.47. The van der Waals surface area contributed by atoms with E-state index in [-0.39, 0.29) is 30.4 Å². The van der Waals surface area contributed by atoms with Crippen LogP contribution in [-0.2, 0) is 14.3 Å². The number of likely N-dealkylation sites (tertiary alicyclic amines) is 2. The molecule has 0 radical (unpaired) electrons. The van der Waals surface area contributed by atoms with Crippen LogP contribution < -0.4 is 4.90 Å². The zero-order valence-electron chi connectivity index (χ0n) is 18.7. The van der Waals surface area contributed by atoms with E-state index in [0.717, 1.165) is 51.7 Å². The van der Waals surface area contributed by atoms with Crippen LogP contribution in [0.3, 0.4) is 0 Å². The molecular formula is C25H33N3O4. The molecule has 4 saturated heterocycles. The summed E-state index contributed by atoms with van der Waals surface area (Å²) in [6, 6.07) is 8.98. The Morgan fingerprint density at radius 2 is 1.78 bits per heavy atom. The largest absolute Gasteiger partial charge is 0.374 e. The maximum absolute atomic E-state index is 12.9. The lowest BCUT2D eigenvalue weighted by atomic mass is 9.87. The van der Waals surface area contributed by atoms with E-state index in [9.17, 15) is 9.59 Å². The molecule has 7 heteroatoms. The molecule has 7 nitrogen and oxygen atoms in total. The molecule has 4 heterocycles. The smallest absolute Gasteiger partial charge is 0.320 e. The monoisotopic (exact) mass is 439 g/mol. The maximum atomic E-state index is 12.9. The quantitative estimate of drug-likeness (QED) is 0.706. The van der Waals surface area contributed by atoms with Crippen molar-refractivity contribution < 1.29 is 19.1 Å². The van der Waals surface area contributed by atoms with Gasteiger partial charge < -0.3 is 24.2 Å². The molecule has 1 aliphatic carbocycles. The summed E-state index contributed by atoms with van der Waals surface area (Å²) in [7, 11) is 0. The van der Waals surface area contributed by atoms with E-state index in [1.54, 1.807) is 0 Å². The number of ether oxygens (including phenoxy) is 2. The van der Waals surface area contributed by atoms with Crippen molar-refractivity contribution in [1.29, 1.82) is 0 Å². The third-order valence-electron chi connectivity index (χ3n) is 7.88. The molecule has 1 saturated carbocycles. The number of rotatable bonds is 5. The molecule has 5 fully saturated rings. The van der Waals surface area contributed by atoms with E-state index in [1.165, 1.54) is 24.1 Å². The van der Waals surface area contributed by atoms with Crippen LogP contribution in [0.4, 0.5) is 10.5 Å². The Morgan fingerprint density at radius 1 is 1.00 bits per heavy atom. The van der Waals surface area contributed by atoms with Gasteiger partial charge in [0.2, 0.25) is 0 Å². The highest BCUT2D eigenvalue weighted by Gasteiger charge is 2.40. The number of amides is 2. The third-order valence-corrected chi connectivity index (χ3v) is 7.88. The number of hydrogen-bond acceptors (Lipinski definition) is 5. The number of Topliss-reactive ketones (excluding diaryl/α,β-unsaturated/α-hetero) is 1. The van der Waals surface area contributed by atoms with Crippen molar-refractivity contribution in [3.63, 3.8) is 0 Å². The van der Waals surface area contributed by atoms with Gasteiger partial charge >= 0.3 is 6.03 Å². The van der Waals surface area contributed by atoms with E-state index in [2.05, 4.69) is 29.2 Å². The summed E-state index contributed by atoms with van der Waals surface area (Å²) in [5.74, 6) is 1.57. The van der Waals surface area contributed by atoms with Gasteiger partial charge in [-0.25, -0.2) is 4.79 Å². The van der Waals surface area contributed by atoms with Crippen LogP contribution in [-0.4, -0.2) is 86.3 Å². The first-order valence-corrected chi connectivity index (χ1v) is 12.3. The fourth-order valence-electron chi connectivity index (χ4n) is 5.47. The van der Waals surface area contributed by atoms with Crippen LogP contribution in [0, 0.1) is 11.8 Å². The summed E-state index contributed by atoms with van der Waals surface area (Å²) in [4.78, 5) is 30.9. The second kappa shape index (κ2) is 8.34. The van der Waals surface area contributed by atoms with Crippen molar-refractivity contribution in [3.05, 3.63) is 29.8 Å². The van der Waals surface area contributed by atoms with Crippen LogP contribution >= 0.6 is 0 Å². The molecule has 32 heavy (non-hydrogen) atoms. The van der Waals surface area contributed by atoms with Gasteiger partial charge in [-0.15, -0.1) is 0 Å². The van der Waals surface area contributed by atoms with Crippen LogP contribution in [0.2, 0.25) is 0 Å². The molecule has 2 atom stereocenters. The van der Waals surface area contributed by atoms with Gasteiger partial charge in [0.25, 0.3) is 0 Å². The zero-order valence-corrected chi connectivity index (χ0v) is 18.7. The molecule has 0 unspecified atom stereocenters. The van der Waals surface area contributed by atoms with Crippen molar-refractivity contribution in [3.8, 4) is 0 Å². The predicted octanol–water partition coefficient (Wildman–Crippen LogP) is 2.50. The molecule has 5 aliphatic rings. The van der Waals surface area contributed by atoms with Crippen LogP contribution in [0.5, 0.6) is 0 Å². The van der Waals surface area contributed by atoms with Gasteiger partial charge in [-0.2, -0.15) is 0 Å². The summed E-state index contributed by atoms with van der Waals surface area (Å²) < 4.78 is 11.6. The molecule has 0 N–H and O–H groups in total. The number of benzene rings is 1. The minimum Gasteiger partial charge on any atom is -0.374 e. The van der Waals surface area contributed by atoms with Crippen LogP contribution in [0.25, 0.3) is 0 Å². The van der Waals surface area contributed by atoms with Gasteiger partial charge in [-0.1, -0.05) is 12.1 Å². The number of carbonyl (C=O) groups excluding carboxylic acids is 2. The maximum Gasteiger partial charge on any atom is 0.320 e. The van der Waals surface area contributed by atoms with Gasteiger partial charge in [0.1, 0.15) is 6.61 Å². The standard InChI is InChI=1S/C25H33N3O4/c29-22-9-19-10-26(8-7-24(19)32-16-22)25(30)28-11-20(12-28)18-3-5-21(6-4-18)27-13-23(14-27)31-15-17-1-2-17/h3-6,17,19-20,23-24H,1-2,7-16H2/t19-,24+/m1/s1. The van der Waals surface area contributed by atoms with Crippen LogP contribution in [0.1, 0.15) is 37.2 Å². The molecule has 1 aromatic rings. The second-order valence-corrected chi connectivity index (χ2v) is 10.4. The normalized spacial score (nSPS) is 28.9. The summed E-state index contributed by atoms with van der Waals surface area (Å²) >= 11 is 0. The van der Waals surface area contributed by atoms with Crippen molar-refractivity contribution in [2.75, 3.05) is 57.4 Å². The highest BCUT2D eigenvalue weighted by molar-refractivity contribution is 5.81. The van der Waals surface area contributed by atoms with Crippen molar-refractivity contribution in [1.82, 2.24) is 9.80 Å². The number of carbonyl (C=O) groups is 2. The average Bonchev–Trinajstić information content (AvgIpc) is 3.56. The molecule has 0 spiro atoms. The summed E-state index contributed by atoms with van der Waals surface area (Å²) in [6.45, 7) is 6.10. The molecule has 1 aromatic carbocycles. The topological polar surface area (TPSA) is 62.3 Å². The van der Waals surface area contributed by atoms with Gasteiger partial charge in [0.15, 0.2) is 5.78 Å². The van der Waals surface area contributed by atoms with E-state index < -0.39 is 0 Å². The summed E-state index contributed by atoms with van der Waals surface area (Å²) in [5, 5.41) is 0. The van der Waals surface area contributed by atoms with Crippen molar-refractivity contribution in [2.24, 2.45) is 11.8 Å². The first-order valence-electron chi connectivity index (χ1n) is 12.3. The lowest BCUT2D eigenvalue weighted by Crippen LogP contribution is -2.58. The number of ketones is 1. The Bertz CT molecular complexity index is 858. The van der Waals surface area contributed by atoms with E-state index >= 15 is 0 Å². The Hall–Kier alpha value is -2.12. The first kappa shape index (κ1) is 20.5. The molecule has 6 rings (SSSR count). The minimum absolute atomic E-state index is 0.118. The lowest BCUT2D eigenvalue weighted by molar-refractivity contribution is -0.140. The number of urea groups is 1. The molecule has 0 aromatic heterocycles. The number of hydrogen-bond donors (Lipinski definition) is 0. The van der Waals surface area contributed by atoms with Crippen LogP contribution in [0.15, 0.2) is 24.3 Å². The minimum atomic E-state index is 0.118. The molecule has 0 bridgehead atoms. The highest BCUT2D eigenvalue weighted by atomic mass is 16.5. The number of nitrogens with zero attached hydrogens (tertiary/aromatic N) is 3. The fraction of sp³-hybridized carbons (Fsp3) is 0.680. The third kappa shape index (κ3) is 4.13. The lowest BCUT2D eigenvalue weighted by Gasteiger charge is -2.46. The Labute approximate surface area is 189 Å². The SMILES string of the molecule is O=C1CO[C@H]2CCN(C(=O)N3CC(c4ccc(N5CC(OCC6CC6)C5)cc4)C3)C[C@H]2C1. The van der Waals surface area contributed by atoms with Gasteiger partial charge in [0.05, 0.1) is 12.2 Å². The number of piperidine rings is 1. The van der Waals surface area contributed by atoms with E-state index in [0.29, 0.717) is 25.0 Å². The molecule has 4 aliphatic heterocycles. The summed E-state index contributed by atoms with van der Waals surface area (Å²) in [6.07, 6.45) is 4.61. The van der Waals surface area contributed by atoms with Crippen molar-refractivity contribution in [2.45, 2.75) is 43.8 Å². The van der Waals surface area contributed by atoms with E-state index in [1.807, 2.05) is 9.80 Å². The highest BCUT2D eigenvalue weighted by Crippen LogP contribution is 2.34. The zero-order chi connectivity index (χ0) is 21.7. The van der Waals surface area contributed by atoms with Crippen molar-refractivity contribution >= 4 is 17.5 Å². The van der Waals surface area contributed by atoms with E-state index in [4.69, 9.17) is 9.47 Å². The molecular weight excluding hydrogens is 406 g/mol. The second-order valence-electron chi connectivity index (χ2n) is 10.4. The Kier molecular flexibility index (Phi) is 5.34. The first-order chi connectivity index (χ1) is 15.6. The van der Waals surface area contributed by atoms with Gasteiger partial charge in [0, 0.05) is 69.8 Å². The molecule has 2 amide bonds. The van der Waals surface area contributed by atoms with Gasteiger partial charge in [-0.05, 0) is 42.9 Å². The Morgan fingerprint density at radius 3 is 2.53 bits per heavy atom.